The van der Waals surface area contributed by atoms with E-state index in [1.807, 2.05) is 20.8 Å². The number of aryl methyl sites for hydroxylation is 3. The molecule has 0 radical (unpaired) electrons. The number of anilines is 1. The number of hydrogen-bond donors (Lipinski definition) is 1. The number of nitrogen functional groups attached to an aromatic ring is 1. The van der Waals surface area contributed by atoms with E-state index >= 15 is 0 Å². The standard InChI is InChI=1S/C15H19N3O2/c1-9-7-12(16)5-6-13(9)15(19)18(4)8-14-10(2)17-20-11(14)3/h5-7H,8,16H2,1-4H3. The van der Waals surface area contributed by atoms with Crippen LogP contribution in [-0.4, -0.2) is 23.0 Å². The Labute approximate surface area is 118 Å². The maximum atomic E-state index is 12.5. The Bertz CT molecular complexity index is 627. The highest BCUT2D eigenvalue weighted by Gasteiger charge is 2.18. The first-order chi connectivity index (χ1) is 9.40. The van der Waals surface area contributed by atoms with Crippen molar-refractivity contribution in [3.63, 3.8) is 0 Å². The van der Waals surface area contributed by atoms with E-state index in [1.54, 1.807) is 30.1 Å². The summed E-state index contributed by atoms with van der Waals surface area (Å²) in [5.41, 5.74) is 9.67. The molecular formula is C15H19N3O2. The molecule has 20 heavy (non-hydrogen) atoms. The minimum absolute atomic E-state index is 0.0394. The van der Waals surface area contributed by atoms with Crippen LogP contribution in [0.5, 0.6) is 0 Å². The third-order valence-electron chi connectivity index (χ3n) is 3.40. The second-order valence-electron chi connectivity index (χ2n) is 5.04. The van der Waals surface area contributed by atoms with Gasteiger partial charge in [0, 0.05) is 23.9 Å². The zero-order chi connectivity index (χ0) is 14.9. The number of nitrogens with two attached hydrogens (primary N) is 1. The van der Waals surface area contributed by atoms with E-state index < -0.39 is 0 Å². The second kappa shape index (κ2) is 5.36. The summed E-state index contributed by atoms with van der Waals surface area (Å²) in [4.78, 5) is 14.1. The number of aromatic nitrogens is 1. The molecule has 0 fully saturated rings. The lowest BCUT2D eigenvalue weighted by molar-refractivity contribution is 0.0784. The Balaban J connectivity index is 2.21. The van der Waals surface area contributed by atoms with Crippen molar-refractivity contribution in [1.29, 1.82) is 0 Å². The van der Waals surface area contributed by atoms with Crippen molar-refractivity contribution < 1.29 is 9.32 Å². The second-order valence-corrected chi connectivity index (χ2v) is 5.04. The minimum Gasteiger partial charge on any atom is -0.399 e. The van der Waals surface area contributed by atoms with E-state index in [-0.39, 0.29) is 5.91 Å². The molecule has 106 valence electrons. The lowest BCUT2D eigenvalue weighted by atomic mass is 10.1. The fourth-order valence-corrected chi connectivity index (χ4v) is 2.17. The molecule has 0 spiro atoms. The molecule has 5 heteroatoms. The predicted molar refractivity (Wildman–Crippen MR) is 77.4 cm³/mol. The van der Waals surface area contributed by atoms with E-state index in [9.17, 15) is 4.79 Å². The molecule has 0 saturated carbocycles. The van der Waals surface area contributed by atoms with Gasteiger partial charge in [-0.15, -0.1) is 0 Å². The highest BCUT2D eigenvalue weighted by Crippen LogP contribution is 2.18. The van der Waals surface area contributed by atoms with Gasteiger partial charge in [0.2, 0.25) is 0 Å². The first-order valence-electron chi connectivity index (χ1n) is 6.43. The molecule has 1 aromatic heterocycles. The molecule has 0 saturated heterocycles. The van der Waals surface area contributed by atoms with Crippen LogP contribution in [0.3, 0.4) is 0 Å². The molecular weight excluding hydrogens is 254 g/mol. The molecule has 0 aliphatic rings. The van der Waals surface area contributed by atoms with Crippen molar-refractivity contribution in [3.8, 4) is 0 Å². The van der Waals surface area contributed by atoms with Crippen molar-refractivity contribution >= 4 is 11.6 Å². The quantitative estimate of drug-likeness (QED) is 0.872. The van der Waals surface area contributed by atoms with E-state index in [0.717, 1.165) is 22.6 Å². The maximum absolute atomic E-state index is 12.5. The number of amides is 1. The van der Waals surface area contributed by atoms with Gasteiger partial charge in [0.1, 0.15) is 5.76 Å². The molecule has 0 atom stereocenters. The fraction of sp³-hybridized carbons (Fsp3) is 0.333. The molecule has 2 rings (SSSR count). The van der Waals surface area contributed by atoms with Crippen molar-refractivity contribution in [2.75, 3.05) is 12.8 Å². The van der Waals surface area contributed by atoms with E-state index in [4.69, 9.17) is 10.3 Å². The summed E-state index contributed by atoms with van der Waals surface area (Å²) in [6.07, 6.45) is 0. The third-order valence-corrected chi connectivity index (χ3v) is 3.40. The van der Waals surface area contributed by atoms with Crippen LogP contribution in [0, 0.1) is 20.8 Å². The molecule has 0 bridgehead atoms. The Kier molecular flexibility index (Phi) is 3.79. The van der Waals surface area contributed by atoms with Gasteiger partial charge in [0.05, 0.1) is 12.2 Å². The first-order valence-corrected chi connectivity index (χ1v) is 6.43. The van der Waals surface area contributed by atoms with Crippen LogP contribution in [-0.2, 0) is 6.54 Å². The van der Waals surface area contributed by atoms with Gasteiger partial charge < -0.3 is 15.2 Å². The van der Waals surface area contributed by atoms with Crippen LogP contribution >= 0.6 is 0 Å². The number of benzene rings is 1. The third kappa shape index (κ3) is 2.66. The van der Waals surface area contributed by atoms with Gasteiger partial charge in [-0.25, -0.2) is 0 Å². The fourth-order valence-electron chi connectivity index (χ4n) is 2.17. The van der Waals surface area contributed by atoms with Crippen LogP contribution in [0.25, 0.3) is 0 Å². The van der Waals surface area contributed by atoms with Gasteiger partial charge in [-0.1, -0.05) is 5.16 Å². The molecule has 0 unspecified atom stereocenters. The number of rotatable bonds is 3. The largest absolute Gasteiger partial charge is 0.399 e. The van der Waals surface area contributed by atoms with E-state index in [1.165, 1.54) is 0 Å². The average molecular weight is 273 g/mol. The molecule has 2 aromatic rings. The molecule has 1 aromatic carbocycles. The molecule has 0 aliphatic heterocycles. The van der Waals surface area contributed by atoms with Crippen molar-refractivity contribution in [3.05, 3.63) is 46.3 Å². The Hall–Kier alpha value is -2.30. The summed E-state index contributed by atoms with van der Waals surface area (Å²) < 4.78 is 5.12. The molecule has 1 amide bonds. The van der Waals surface area contributed by atoms with Gasteiger partial charge >= 0.3 is 0 Å². The predicted octanol–water partition coefficient (Wildman–Crippen LogP) is 2.45. The van der Waals surface area contributed by atoms with Gasteiger partial charge in [0.15, 0.2) is 0 Å². The first kappa shape index (κ1) is 14.1. The topological polar surface area (TPSA) is 72.4 Å². The lowest BCUT2D eigenvalue weighted by Gasteiger charge is -2.18. The van der Waals surface area contributed by atoms with Crippen LogP contribution in [0.4, 0.5) is 5.69 Å². The SMILES string of the molecule is Cc1cc(N)ccc1C(=O)N(C)Cc1c(C)noc1C. The zero-order valence-corrected chi connectivity index (χ0v) is 12.2. The van der Waals surface area contributed by atoms with E-state index in [2.05, 4.69) is 5.16 Å². The Morgan fingerprint density at radius 1 is 1.35 bits per heavy atom. The number of carbonyl (C=O) groups is 1. The van der Waals surface area contributed by atoms with Crippen molar-refractivity contribution in [2.45, 2.75) is 27.3 Å². The number of hydrogen-bond acceptors (Lipinski definition) is 4. The normalized spacial score (nSPS) is 10.6. The van der Waals surface area contributed by atoms with Crippen LogP contribution in [0.15, 0.2) is 22.7 Å². The van der Waals surface area contributed by atoms with Gasteiger partial charge in [0.25, 0.3) is 5.91 Å². The van der Waals surface area contributed by atoms with Gasteiger partial charge in [-0.3, -0.25) is 4.79 Å². The zero-order valence-electron chi connectivity index (χ0n) is 12.2. The lowest BCUT2D eigenvalue weighted by Crippen LogP contribution is -2.27. The molecule has 2 N–H and O–H groups in total. The van der Waals surface area contributed by atoms with Crippen LogP contribution in [0.1, 0.15) is 32.9 Å². The minimum atomic E-state index is -0.0394. The Morgan fingerprint density at radius 3 is 2.60 bits per heavy atom. The Morgan fingerprint density at radius 2 is 2.05 bits per heavy atom. The molecule has 5 nitrogen and oxygen atoms in total. The highest BCUT2D eigenvalue weighted by atomic mass is 16.5. The summed E-state index contributed by atoms with van der Waals surface area (Å²) in [6, 6.07) is 5.30. The summed E-state index contributed by atoms with van der Waals surface area (Å²) >= 11 is 0. The molecule has 0 aliphatic carbocycles. The summed E-state index contributed by atoms with van der Waals surface area (Å²) in [5.74, 6) is 0.707. The number of nitrogens with zero attached hydrogens (tertiary/aromatic N) is 2. The monoisotopic (exact) mass is 273 g/mol. The van der Waals surface area contributed by atoms with E-state index in [0.29, 0.717) is 17.8 Å². The average Bonchev–Trinajstić information content (AvgIpc) is 2.70. The maximum Gasteiger partial charge on any atom is 0.254 e. The van der Waals surface area contributed by atoms with Crippen molar-refractivity contribution in [2.24, 2.45) is 0 Å². The number of carbonyl (C=O) groups excluding carboxylic acids is 1. The van der Waals surface area contributed by atoms with Crippen LogP contribution in [0.2, 0.25) is 0 Å². The van der Waals surface area contributed by atoms with Gasteiger partial charge in [-0.2, -0.15) is 0 Å². The highest BCUT2D eigenvalue weighted by molar-refractivity contribution is 5.95. The van der Waals surface area contributed by atoms with Gasteiger partial charge in [-0.05, 0) is 44.5 Å². The summed E-state index contributed by atoms with van der Waals surface area (Å²) in [6.45, 7) is 6.08. The molecule has 1 heterocycles. The van der Waals surface area contributed by atoms with Crippen molar-refractivity contribution in [1.82, 2.24) is 10.1 Å². The van der Waals surface area contributed by atoms with Crippen LogP contribution < -0.4 is 5.73 Å². The smallest absolute Gasteiger partial charge is 0.254 e. The summed E-state index contributed by atoms with van der Waals surface area (Å²) in [5, 5.41) is 3.90. The summed E-state index contributed by atoms with van der Waals surface area (Å²) in [7, 11) is 1.77.